The highest BCUT2D eigenvalue weighted by atomic mass is 19.4. The van der Waals surface area contributed by atoms with Gasteiger partial charge in [0.2, 0.25) is 5.56 Å². The number of nitrogens with one attached hydrogen (secondary N) is 2. The molecule has 0 fully saturated rings. The van der Waals surface area contributed by atoms with E-state index in [1.54, 1.807) is 19.2 Å². The summed E-state index contributed by atoms with van der Waals surface area (Å²) >= 11 is 0. The molecule has 1 aromatic carbocycles. The van der Waals surface area contributed by atoms with Gasteiger partial charge in [0.25, 0.3) is 0 Å². The number of fused-ring (bicyclic) bond motifs is 1. The number of alkyl halides is 3. The lowest BCUT2D eigenvalue weighted by atomic mass is 9.97. The van der Waals surface area contributed by atoms with Crippen molar-refractivity contribution in [2.45, 2.75) is 52.9 Å². The summed E-state index contributed by atoms with van der Waals surface area (Å²) in [6.45, 7) is 6.48. The molecule has 1 atom stereocenters. The van der Waals surface area contributed by atoms with Crippen molar-refractivity contribution in [3.8, 4) is 17.0 Å². The zero-order chi connectivity index (χ0) is 30.2. The summed E-state index contributed by atoms with van der Waals surface area (Å²) in [4.78, 5) is 33.9. The number of allylic oxidation sites excluding steroid dienone is 2. The maximum Gasteiger partial charge on any atom is 0.414 e. The number of pyridine rings is 2. The van der Waals surface area contributed by atoms with Crippen LogP contribution in [0.3, 0.4) is 0 Å². The molecule has 8 nitrogen and oxygen atoms in total. The molecule has 4 aromatic rings. The Hall–Kier alpha value is -4.67. The monoisotopic (exact) mass is 577 g/mol. The van der Waals surface area contributed by atoms with E-state index in [0.717, 1.165) is 34.0 Å². The normalized spacial score (nSPS) is 14.3. The van der Waals surface area contributed by atoms with Gasteiger partial charge in [-0.1, -0.05) is 18.2 Å². The second kappa shape index (κ2) is 11.3. The second-order valence-corrected chi connectivity index (χ2v) is 10.5. The number of carbonyl (C=O) groups excluding carboxylic acids is 1. The number of Topliss-reactive ketones (excluding diaryl/α,β-unsaturated/α-hetero) is 1. The highest BCUT2D eigenvalue weighted by molar-refractivity contribution is 5.97. The number of H-pyrrole nitrogens is 2. The maximum atomic E-state index is 13.6. The fourth-order valence-electron chi connectivity index (χ4n) is 5.29. The molecule has 5 rings (SSSR count). The van der Waals surface area contributed by atoms with Gasteiger partial charge in [0.05, 0.1) is 23.5 Å². The number of ether oxygens (including phenoxy) is 1. The van der Waals surface area contributed by atoms with E-state index in [4.69, 9.17) is 9.72 Å². The zero-order valence-corrected chi connectivity index (χ0v) is 23.6. The predicted octanol–water partition coefficient (Wildman–Crippen LogP) is 6.16. The van der Waals surface area contributed by atoms with Gasteiger partial charge >= 0.3 is 6.18 Å². The molecule has 0 amide bonds. The quantitative estimate of drug-likeness (QED) is 0.260. The largest absolute Gasteiger partial charge is 0.487 e. The topological polar surface area (TPSA) is 104 Å². The lowest BCUT2D eigenvalue weighted by Gasteiger charge is -2.34. The standard InChI is InChI=1S/C31H30F3N5O3/c1-17-11-27(41)37-29(25(13-20(4)40)39-10-6-7-21(15-39)31(32,33)34)24(17)16-42-26-9-5-8-22-23(12-19(3)36-30(22)26)28-18(2)14-35-38-28/h5-12,14,25H,13,15-16H2,1-4H3,(H,35,38)(H,37,41). The summed E-state index contributed by atoms with van der Waals surface area (Å²) in [6, 6.07) is 8.12. The lowest BCUT2D eigenvalue weighted by Crippen LogP contribution is -2.34. The number of aromatic nitrogens is 4. The number of aryl methyl sites for hydroxylation is 3. The molecule has 0 spiro atoms. The van der Waals surface area contributed by atoms with Crippen LogP contribution in [-0.2, 0) is 11.4 Å². The van der Waals surface area contributed by atoms with E-state index in [2.05, 4.69) is 15.2 Å². The van der Waals surface area contributed by atoms with Gasteiger partial charge in [-0.25, -0.2) is 4.98 Å². The second-order valence-electron chi connectivity index (χ2n) is 10.5. The Kier molecular flexibility index (Phi) is 7.77. The van der Waals surface area contributed by atoms with Crippen LogP contribution in [0.15, 0.2) is 65.2 Å². The van der Waals surface area contributed by atoms with E-state index in [-0.39, 0.29) is 18.8 Å². The van der Waals surface area contributed by atoms with E-state index in [0.29, 0.717) is 28.1 Å². The lowest BCUT2D eigenvalue weighted by molar-refractivity contribution is -0.118. The van der Waals surface area contributed by atoms with Crippen molar-refractivity contribution in [3.05, 3.63) is 98.9 Å². The van der Waals surface area contributed by atoms with Crippen molar-refractivity contribution in [2.75, 3.05) is 6.54 Å². The summed E-state index contributed by atoms with van der Waals surface area (Å²) in [5, 5.41) is 8.04. The first-order valence-corrected chi connectivity index (χ1v) is 13.4. The first-order chi connectivity index (χ1) is 19.9. The van der Waals surface area contributed by atoms with Crippen LogP contribution in [0.1, 0.15) is 47.5 Å². The Morgan fingerprint density at radius 2 is 1.95 bits per heavy atom. The summed E-state index contributed by atoms with van der Waals surface area (Å²) in [6.07, 6.45) is 0.933. The molecule has 2 N–H and O–H groups in total. The van der Waals surface area contributed by atoms with Gasteiger partial charge in [-0.15, -0.1) is 0 Å². The highest BCUT2D eigenvalue weighted by Gasteiger charge is 2.37. The summed E-state index contributed by atoms with van der Waals surface area (Å²) in [5.74, 6) is 0.260. The van der Waals surface area contributed by atoms with Crippen molar-refractivity contribution in [2.24, 2.45) is 0 Å². The van der Waals surface area contributed by atoms with Crippen LogP contribution in [-0.4, -0.2) is 43.6 Å². The minimum Gasteiger partial charge on any atom is -0.487 e. The third kappa shape index (κ3) is 5.86. The first kappa shape index (κ1) is 28.8. The van der Waals surface area contributed by atoms with Crippen molar-refractivity contribution in [3.63, 3.8) is 0 Å². The summed E-state index contributed by atoms with van der Waals surface area (Å²) in [7, 11) is 0. The molecule has 0 aliphatic carbocycles. The summed E-state index contributed by atoms with van der Waals surface area (Å²) in [5.41, 5.74) is 4.51. The average molecular weight is 578 g/mol. The van der Waals surface area contributed by atoms with Crippen molar-refractivity contribution >= 4 is 16.7 Å². The molecule has 42 heavy (non-hydrogen) atoms. The van der Waals surface area contributed by atoms with E-state index < -0.39 is 29.9 Å². The Labute approximate surface area is 239 Å². The van der Waals surface area contributed by atoms with Gasteiger partial charge in [-0.2, -0.15) is 18.3 Å². The maximum absolute atomic E-state index is 13.6. The van der Waals surface area contributed by atoms with Gasteiger partial charge in [0, 0.05) is 53.1 Å². The van der Waals surface area contributed by atoms with E-state index >= 15 is 0 Å². The fourth-order valence-corrected chi connectivity index (χ4v) is 5.29. The molecule has 3 aromatic heterocycles. The van der Waals surface area contributed by atoms with Crippen LogP contribution in [0.25, 0.3) is 22.2 Å². The van der Waals surface area contributed by atoms with Gasteiger partial charge in [0.1, 0.15) is 23.7 Å². The molecule has 4 heterocycles. The van der Waals surface area contributed by atoms with Gasteiger partial charge in [-0.3, -0.25) is 14.7 Å². The molecule has 0 bridgehead atoms. The van der Waals surface area contributed by atoms with E-state index in [1.807, 2.05) is 32.0 Å². The summed E-state index contributed by atoms with van der Waals surface area (Å²) < 4.78 is 47.0. The van der Waals surface area contributed by atoms with Crippen molar-refractivity contribution in [1.29, 1.82) is 0 Å². The van der Waals surface area contributed by atoms with Crippen LogP contribution >= 0.6 is 0 Å². The number of benzene rings is 1. The average Bonchev–Trinajstić information content (AvgIpc) is 3.35. The van der Waals surface area contributed by atoms with Gasteiger partial charge in [0.15, 0.2) is 0 Å². The third-order valence-corrected chi connectivity index (χ3v) is 7.31. The Morgan fingerprint density at radius 3 is 2.64 bits per heavy atom. The van der Waals surface area contributed by atoms with E-state index in [9.17, 15) is 22.8 Å². The smallest absolute Gasteiger partial charge is 0.414 e. The molecular weight excluding hydrogens is 547 g/mol. The Morgan fingerprint density at radius 1 is 1.17 bits per heavy atom. The molecule has 1 aliphatic rings. The number of halogens is 3. The van der Waals surface area contributed by atoms with E-state index in [1.165, 1.54) is 30.2 Å². The molecule has 0 saturated carbocycles. The Bertz CT molecular complexity index is 1780. The van der Waals surface area contributed by atoms with Crippen molar-refractivity contribution < 1.29 is 22.7 Å². The van der Waals surface area contributed by atoms with Crippen LogP contribution < -0.4 is 10.3 Å². The minimum atomic E-state index is -4.52. The third-order valence-electron chi connectivity index (χ3n) is 7.31. The predicted molar refractivity (Wildman–Crippen MR) is 153 cm³/mol. The molecule has 218 valence electrons. The minimum absolute atomic E-state index is 0.0149. The highest BCUT2D eigenvalue weighted by Crippen LogP contribution is 2.36. The first-order valence-electron chi connectivity index (χ1n) is 13.4. The van der Waals surface area contributed by atoms with Crippen LogP contribution in [0.2, 0.25) is 0 Å². The molecule has 1 unspecified atom stereocenters. The SMILES string of the molecule is CC(=O)CC(c1[nH]c(=O)cc(C)c1COc1cccc2c(-c3[nH]ncc3C)cc(C)nc12)N1C=CC=C(C(F)(F)F)C1. The van der Waals surface area contributed by atoms with Crippen LogP contribution in [0.5, 0.6) is 5.75 Å². The number of ketones is 1. The number of hydrogen-bond donors (Lipinski definition) is 2. The molecular formula is C31H30F3N5O3. The van der Waals surface area contributed by atoms with Crippen molar-refractivity contribution in [1.82, 2.24) is 25.1 Å². The number of aromatic amines is 2. The number of rotatable bonds is 8. The molecule has 1 aliphatic heterocycles. The number of carbonyl (C=O) groups is 1. The Balaban J connectivity index is 1.54. The van der Waals surface area contributed by atoms with Crippen LogP contribution in [0.4, 0.5) is 13.2 Å². The van der Waals surface area contributed by atoms with Gasteiger partial charge < -0.3 is 14.6 Å². The molecule has 0 saturated heterocycles. The molecule has 11 heteroatoms. The molecule has 0 radical (unpaired) electrons. The fraction of sp³-hybridized carbons (Fsp3) is 0.290. The van der Waals surface area contributed by atoms with Gasteiger partial charge in [-0.05, 0) is 57.0 Å². The van der Waals surface area contributed by atoms with Crippen LogP contribution in [0, 0.1) is 20.8 Å². The number of para-hydroxylation sites is 1. The zero-order valence-electron chi connectivity index (χ0n) is 23.6. The number of hydrogen-bond acceptors (Lipinski definition) is 6. The number of nitrogens with zero attached hydrogens (tertiary/aromatic N) is 3.